The number of aliphatic imine (C=N–C) groups is 1. The molecule has 1 aromatic heterocycles. The Morgan fingerprint density at radius 2 is 2.12 bits per heavy atom. The lowest BCUT2D eigenvalue weighted by atomic mass is 9.98. The highest BCUT2D eigenvalue weighted by atomic mass is 127. The van der Waals surface area contributed by atoms with Crippen LogP contribution >= 0.6 is 24.0 Å². The topological polar surface area (TPSA) is 71.8 Å². The first-order valence-corrected chi connectivity index (χ1v) is 9.16. The maximum atomic E-state index is 12.1. The summed E-state index contributed by atoms with van der Waals surface area (Å²) in [4.78, 5) is 19.1. The van der Waals surface area contributed by atoms with Gasteiger partial charge in [-0.05, 0) is 40.5 Å². The van der Waals surface area contributed by atoms with E-state index in [0.29, 0.717) is 19.7 Å². The third-order valence-electron chi connectivity index (χ3n) is 4.72. The van der Waals surface area contributed by atoms with Crippen LogP contribution in [0.3, 0.4) is 0 Å². The van der Waals surface area contributed by atoms with Crippen molar-refractivity contribution in [1.82, 2.24) is 20.0 Å². The number of nitrogens with zero attached hydrogens (tertiary/aromatic N) is 4. The minimum atomic E-state index is -0.0954. The van der Waals surface area contributed by atoms with Gasteiger partial charge < -0.3 is 15.0 Å². The Labute approximate surface area is 173 Å². The summed E-state index contributed by atoms with van der Waals surface area (Å²) < 4.78 is 7.09. The molecule has 0 bridgehead atoms. The van der Waals surface area contributed by atoms with Crippen molar-refractivity contribution in [2.24, 2.45) is 18.0 Å². The van der Waals surface area contributed by atoms with Crippen LogP contribution < -0.4 is 5.32 Å². The average Bonchev–Trinajstić information content (AvgIpc) is 2.84. The van der Waals surface area contributed by atoms with Crippen LogP contribution in [0.5, 0.6) is 0 Å². The molecule has 1 saturated heterocycles. The molecule has 0 saturated carbocycles. The van der Waals surface area contributed by atoms with Gasteiger partial charge in [-0.25, -0.2) is 4.99 Å². The van der Waals surface area contributed by atoms with Crippen LogP contribution in [-0.4, -0.2) is 52.9 Å². The maximum Gasteiger partial charge on any atom is 0.310 e. The highest BCUT2D eigenvalue weighted by molar-refractivity contribution is 14.0. The third kappa shape index (κ3) is 5.59. The van der Waals surface area contributed by atoms with Crippen molar-refractivity contribution in [3.8, 4) is 0 Å². The second kappa shape index (κ2) is 10.7. The summed E-state index contributed by atoms with van der Waals surface area (Å²) in [5.74, 6) is 0.695. The normalized spacial score (nSPS) is 17.7. The van der Waals surface area contributed by atoms with Gasteiger partial charge in [0.05, 0.1) is 24.8 Å². The number of piperidine rings is 1. The molecule has 0 aromatic carbocycles. The Morgan fingerprint density at radius 1 is 1.38 bits per heavy atom. The van der Waals surface area contributed by atoms with Gasteiger partial charge >= 0.3 is 5.97 Å². The molecule has 1 atom stereocenters. The number of ether oxygens (including phenoxy) is 1. The van der Waals surface area contributed by atoms with Crippen LogP contribution in [0.25, 0.3) is 0 Å². The van der Waals surface area contributed by atoms with Gasteiger partial charge in [-0.15, -0.1) is 24.0 Å². The number of guanidine groups is 1. The molecule has 2 rings (SSSR count). The van der Waals surface area contributed by atoms with Gasteiger partial charge in [-0.1, -0.05) is 0 Å². The van der Waals surface area contributed by atoms with Crippen LogP contribution in [0.2, 0.25) is 0 Å². The lowest BCUT2D eigenvalue weighted by Gasteiger charge is -2.34. The van der Waals surface area contributed by atoms with E-state index in [1.807, 2.05) is 25.6 Å². The zero-order chi connectivity index (χ0) is 18.4. The van der Waals surface area contributed by atoms with Crippen molar-refractivity contribution in [3.63, 3.8) is 0 Å². The Balaban J connectivity index is 0.00000338. The number of halogens is 1. The van der Waals surface area contributed by atoms with Gasteiger partial charge in [-0.3, -0.25) is 9.48 Å². The number of hydrogen-bond donors (Lipinski definition) is 1. The molecule has 8 heteroatoms. The number of nitrogens with one attached hydrogen (secondary N) is 1. The molecule has 1 unspecified atom stereocenters. The molecule has 0 spiro atoms. The number of carbonyl (C=O) groups is 1. The van der Waals surface area contributed by atoms with E-state index in [4.69, 9.17) is 9.73 Å². The van der Waals surface area contributed by atoms with Crippen LogP contribution in [0.4, 0.5) is 0 Å². The molecule has 0 aliphatic carbocycles. The average molecular weight is 477 g/mol. The van der Waals surface area contributed by atoms with Gasteiger partial charge in [0.15, 0.2) is 5.96 Å². The summed E-state index contributed by atoms with van der Waals surface area (Å²) in [6.45, 7) is 11.4. The zero-order valence-corrected chi connectivity index (χ0v) is 18.9. The van der Waals surface area contributed by atoms with Gasteiger partial charge in [-0.2, -0.15) is 5.10 Å². The summed E-state index contributed by atoms with van der Waals surface area (Å²) in [7, 11) is 1.95. The van der Waals surface area contributed by atoms with Gasteiger partial charge in [0, 0.05) is 37.9 Å². The molecular weight excluding hydrogens is 445 g/mol. The van der Waals surface area contributed by atoms with Crippen LogP contribution in [0, 0.1) is 19.8 Å². The first kappa shape index (κ1) is 22.7. The Kier molecular flexibility index (Phi) is 9.38. The van der Waals surface area contributed by atoms with E-state index in [2.05, 4.69) is 29.2 Å². The second-order valence-corrected chi connectivity index (χ2v) is 6.48. The predicted octanol–water partition coefficient (Wildman–Crippen LogP) is 2.40. The van der Waals surface area contributed by atoms with Crippen LogP contribution in [0.1, 0.15) is 43.6 Å². The largest absolute Gasteiger partial charge is 0.466 e. The molecule has 1 fully saturated rings. The van der Waals surface area contributed by atoms with Crippen molar-refractivity contribution in [1.29, 1.82) is 0 Å². The van der Waals surface area contributed by atoms with Crippen molar-refractivity contribution < 1.29 is 9.53 Å². The predicted molar refractivity (Wildman–Crippen MR) is 114 cm³/mol. The molecule has 26 heavy (non-hydrogen) atoms. The minimum Gasteiger partial charge on any atom is -0.466 e. The molecule has 0 amide bonds. The second-order valence-electron chi connectivity index (χ2n) is 6.48. The highest BCUT2D eigenvalue weighted by Crippen LogP contribution is 2.19. The molecule has 1 N–H and O–H groups in total. The van der Waals surface area contributed by atoms with Crippen molar-refractivity contribution in [2.75, 3.05) is 26.2 Å². The van der Waals surface area contributed by atoms with Crippen LogP contribution in [0.15, 0.2) is 4.99 Å². The molecule has 148 valence electrons. The van der Waals surface area contributed by atoms with Crippen molar-refractivity contribution >= 4 is 35.9 Å². The SMILES string of the molecule is CCNC(=NCc1c(C)nn(C)c1C)N1CCCC(C(=O)OCC)C1.I. The molecular formula is C18H32IN5O2. The Hall–Kier alpha value is -1.32. The molecule has 1 aliphatic heterocycles. The molecule has 2 heterocycles. The third-order valence-corrected chi connectivity index (χ3v) is 4.72. The fourth-order valence-electron chi connectivity index (χ4n) is 3.25. The fourth-order valence-corrected chi connectivity index (χ4v) is 3.25. The van der Waals surface area contributed by atoms with Crippen molar-refractivity contribution in [3.05, 3.63) is 17.0 Å². The fraction of sp³-hybridized carbons (Fsp3) is 0.722. The molecule has 0 radical (unpaired) electrons. The smallest absolute Gasteiger partial charge is 0.310 e. The van der Waals surface area contributed by atoms with Gasteiger partial charge in [0.25, 0.3) is 0 Å². The lowest BCUT2D eigenvalue weighted by molar-refractivity contribution is -0.149. The van der Waals surface area contributed by atoms with E-state index in [1.54, 1.807) is 0 Å². The van der Waals surface area contributed by atoms with E-state index < -0.39 is 0 Å². The first-order valence-electron chi connectivity index (χ1n) is 9.16. The number of hydrogen-bond acceptors (Lipinski definition) is 4. The monoisotopic (exact) mass is 477 g/mol. The molecule has 1 aromatic rings. The van der Waals surface area contributed by atoms with Gasteiger partial charge in [0.1, 0.15) is 0 Å². The number of rotatable bonds is 5. The standard InChI is InChI=1S/C18H31N5O2.HI/c1-6-19-18(20-11-16-13(3)21-22(5)14(16)4)23-10-8-9-15(12-23)17(24)25-7-2;/h15H,6-12H2,1-5H3,(H,19,20);1H. The van der Waals surface area contributed by atoms with Gasteiger partial charge in [0.2, 0.25) is 0 Å². The summed E-state index contributed by atoms with van der Waals surface area (Å²) in [6, 6.07) is 0. The zero-order valence-electron chi connectivity index (χ0n) is 16.5. The van der Waals surface area contributed by atoms with E-state index in [9.17, 15) is 4.79 Å². The summed E-state index contributed by atoms with van der Waals surface area (Å²) in [5, 5.41) is 7.81. The molecule has 7 nitrogen and oxygen atoms in total. The number of likely N-dealkylation sites (tertiary alicyclic amines) is 1. The number of aryl methyl sites for hydroxylation is 2. The Morgan fingerprint density at radius 3 is 2.69 bits per heavy atom. The van der Waals surface area contributed by atoms with E-state index in [0.717, 1.165) is 48.8 Å². The van der Waals surface area contributed by atoms with Crippen molar-refractivity contribution in [2.45, 2.75) is 47.1 Å². The quantitative estimate of drug-likeness (QED) is 0.305. The lowest BCUT2D eigenvalue weighted by Crippen LogP contribution is -2.48. The van der Waals surface area contributed by atoms with E-state index in [1.165, 1.54) is 0 Å². The minimum absolute atomic E-state index is 0. The number of esters is 1. The first-order chi connectivity index (χ1) is 12.0. The molecule has 1 aliphatic rings. The van der Waals surface area contributed by atoms with E-state index in [-0.39, 0.29) is 35.9 Å². The number of aromatic nitrogens is 2. The summed E-state index contributed by atoms with van der Waals surface area (Å²) in [6.07, 6.45) is 1.86. The number of carbonyl (C=O) groups excluding carboxylic acids is 1. The Bertz CT molecular complexity index is 629. The summed E-state index contributed by atoms with van der Waals surface area (Å²) >= 11 is 0. The highest BCUT2D eigenvalue weighted by Gasteiger charge is 2.28. The maximum absolute atomic E-state index is 12.1. The van der Waals surface area contributed by atoms with E-state index >= 15 is 0 Å². The van der Waals surface area contributed by atoms with Crippen LogP contribution in [-0.2, 0) is 23.1 Å². The summed E-state index contributed by atoms with van der Waals surface area (Å²) in [5.41, 5.74) is 3.32.